The SMILES string of the molecule is OCO.[V].[V]. The van der Waals surface area contributed by atoms with Gasteiger partial charge in [-0.25, -0.2) is 0 Å². The number of rotatable bonds is 0. The van der Waals surface area contributed by atoms with Gasteiger partial charge in [0.15, 0.2) is 0 Å². The maximum Gasteiger partial charge on any atom is 0.140 e. The van der Waals surface area contributed by atoms with Crippen LogP contribution in [0.2, 0.25) is 0 Å². The molecule has 0 saturated heterocycles. The first-order chi connectivity index (χ1) is 1.41. The van der Waals surface area contributed by atoms with E-state index >= 15 is 0 Å². The second kappa shape index (κ2) is 19.5. The third-order valence-electron chi connectivity index (χ3n) is 0. The fraction of sp³-hybridized carbons (Fsp3) is 1.00. The Balaban J connectivity index is -0.0000000200. The minimum absolute atomic E-state index is 0. The number of aliphatic hydroxyl groups is 2. The largest absolute Gasteiger partial charge is 0.371 e. The van der Waals surface area contributed by atoms with Crippen LogP contribution in [0.3, 0.4) is 0 Å². The van der Waals surface area contributed by atoms with Gasteiger partial charge in [-0.05, 0) is 0 Å². The molecule has 0 atom stereocenters. The second-order valence-corrected chi connectivity index (χ2v) is 0.141. The molecule has 2 nitrogen and oxygen atoms in total. The van der Waals surface area contributed by atoms with Crippen LogP contribution in [0.4, 0.5) is 0 Å². The first-order valence-corrected chi connectivity index (χ1v) is 0.632. The van der Waals surface area contributed by atoms with Gasteiger partial charge < -0.3 is 10.2 Å². The fourth-order valence-corrected chi connectivity index (χ4v) is 0. The second-order valence-electron chi connectivity index (χ2n) is 0.141. The smallest absolute Gasteiger partial charge is 0.140 e. The van der Waals surface area contributed by atoms with Crippen LogP contribution in [0.5, 0.6) is 0 Å². The average Bonchev–Trinajstić information content (AvgIpc) is 0.918. The third-order valence-corrected chi connectivity index (χ3v) is 0. The van der Waals surface area contributed by atoms with Gasteiger partial charge in [0.2, 0.25) is 0 Å². The normalized spacial score (nSPS) is 3.60. The van der Waals surface area contributed by atoms with E-state index in [9.17, 15) is 0 Å². The summed E-state index contributed by atoms with van der Waals surface area (Å²) in [5, 5.41) is 14.2. The molecule has 0 spiro atoms. The number of hydrogen-bond donors (Lipinski definition) is 2. The van der Waals surface area contributed by atoms with Crippen molar-refractivity contribution in [1.29, 1.82) is 0 Å². The predicted octanol–water partition coefficient (Wildman–Crippen LogP) is -1.08. The molecule has 0 amide bonds. The van der Waals surface area contributed by atoms with E-state index in [4.69, 9.17) is 10.2 Å². The van der Waals surface area contributed by atoms with Crippen LogP contribution in [0.25, 0.3) is 0 Å². The molecule has 0 aromatic heterocycles. The van der Waals surface area contributed by atoms with Crippen molar-refractivity contribution in [2.45, 2.75) is 0 Å². The summed E-state index contributed by atoms with van der Waals surface area (Å²) in [6.07, 6.45) is 0. The number of hydrogen-bond acceptors (Lipinski definition) is 2. The van der Waals surface area contributed by atoms with Crippen molar-refractivity contribution in [3.8, 4) is 0 Å². The predicted molar refractivity (Wildman–Crippen MR) is 9.30 cm³/mol. The van der Waals surface area contributed by atoms with Crippen molar-refractivity contribution in [3.05, 3.63) is 0 Å². The molecule has 0 heterocycles. The van der Waals surface area contributed by atoms with Crippen molar-refractivity contribution in [2.75, 3.05) is 6.79 Å². The summed E-state index contributed by atoms with van der Waals surface area (Å²) in [5.74, 6) is 0. The standard InChI is InChI=1S/CH4O2.2V/c2-1-3;;/h2-3H,1H2;;. The van der Waals surface area contributed by atoms with Gasteiger partial charge >= 0.3 is 0 Å². The van der Waals surface area contributed by atoms with Crippen LogP contribution < -0.4 is 0 Å². The Labute approximate surface area is 54.3 Å². The molecule has 0 unspecified atom stereocenters. The van der Waals surface area contributed by atoms with Crippen molar-refractivity contribution < 1.29 is 47.3 Å². The van der Waals surface area contributed by atoms with E-state index in [0.29, 0.717) is 0 Å². The quantitative estimate of drug-likeness (QED) is 0.431. The van der Waals surface area contributed by atoms with Crippen molar-refractivity contribution in [1.82, 2.24) is 0 Å². The molecule has 0 saturated carbocycles. The Morgan fingerprint density at radius 3 is 1.00 bits per heavy atom. The summed E-state index contributed by atoms with van der Waals surface area (Å²) in [6.45, 7) is -0.750. The molecule has 0 aliphatic heterocycles. The molecule has 0 rings (SSSR count). The van der Waals surface area contributed by atoms with E-state index in [1.165, 1.54) is 0 Å². The first kappa shape index (κ1) is 16.5. The van der Waals surface area contributed by atoms with Gasteiger partial charge in [0, 0.05) is 37.1 Å². The first-order valence-electron chi connectivity index (χ1n) is 0.632. The van der Waals surface area contributed by atoms with Crippen molar-refractivity contribution >= 4 is 0 Å². The summed E-state index contributed by atoms with van der Waals surface area (Å²) < 4.78 is 0. The van der Waals surface area contributed by atoms with Crippen LogP contribution in [-0.4, -0.2) is 17.0 Å². The van der Waals surface area contributed by atoms with Gasteiger partial charge in [-0.3, -0.25) is 0 Å². The van der Waals surface area contributed by atoms with Gasteiger partial charge in [-0.15, -0.1) is 0 Å². The third kappa shape index (κ3) is 41.0. The van der Waals surface area contributed by atoms with E-state index in [0.717, 1.165) is 0 Å². The van der Waals surface area contributed by atoms with Crippen LogP contribution in [0, 0.1) is 0 Å². The molecular formula is CH4O2V2. The molecule has 0 aromatic carbocycles. The Morgan fingerprint density at radius 2 is 1.00 bits per heavy atom. The van der Waals surface area contributed by atoms with Crippen LogP contribution in [0.15, 0.2) is 0 Å². The Bertz CT molecular complexity index is 7.61. The van der Waals surface area contributed by atoms with Crippen LogP contribution in [0.1, 0.15) is 0 Å². The summed E-state index contributed by atoms with van der Waals surface area (Å²) in [5.41, 5.74) is 0. The minimum atomic E-state index is -0.750. The Morgan fingerprint density at radius 1 is 1.00 bits per heavy atom. The molecule has 0 aliphatic carbocycles. The van der Waals surface area contributed by atoms with Crippen LogP contribution >= 0.6 is 0 Å². The topological polar surface area (TPSA) is 40.5 Å². The maximum atomic E-state index is 7.12. The van der Waals surface area contributed by atoms with Gasteiger partial charge in [0.25, 0.3) is 0 Å². The van der Waals surface area contributed by atoms with E-state index < -0.39 is 6.79 Å². The molecule has 0 fully saturated rings. The van der Waals surface area contributed by atoms with E-state index in [1.807, 2.05) is 0 Å². The van der Waals surface area contributed by atoms with Gasteiger partial charge in [0.05, 0.1) is 0 Å². The van der Waals surface area contributed by atoms with E-state index in [1.54, 1.807) is 0 Å². The van der Waals surface area contributed by atoms with Crippen LogP contribution in [-0.2, 0) is 37.1 Å². The van der Waals surface area contributed by atoms with E-state index in [-0.39, 0.29) is 37.1 Å². The summed E-state index contributed by atoms with van der Waals surface area (Å²) in [6, 6.07) is 0. The average molecular weight is 150 g/mol. The number of aliphatic hydroxyl groups excluding tert-OH is 1. The molecule has 5 heavy (non-hydrogen) atoms. The molecular weight excluding hydrogens is 146 g/mol. The van der Waals surface area contributed by atoms with Gasteiger partial charge in [0.1, 0.15) is 6.79 Å². The zero-order valence-corrected chi connectivity index (χ0v) is 5.29. The monoisotopic (exact) mass is 150 g/mol. The molecule has 4 heteroatoms. The Hall–Kier alpha value is 1.09. The van der Waals surface area contributed by atoms with Crippen molar-refractivity contribution in [2.24, 2.45) is 0 Å². The zero-order valence-electron chi connectivity index (χ0n) is 2.50. The van der Waals surface area contributed by atoms with Gasteiger partial charge in [-0.1, -0.05) is 0 Å². The minimum Gasteiger partial charge on any atom is -0.371 e. The molecule has 0 aromatic rings. The summed E-state index contributed by atoms with van der Waals surface area (Å²) in [4.78, 5) is 0. The zero-order chi connectivity index (χ0) is 2.71. The molecule has 30 valence electrons. The molecule has 2 radical (unpaired) electrons. The molecule has 0 bridgehead atoms. The summed E-state index contributed by atoms with van der Waals surface area (Å²) >= 11 is 0. The Kier molecular flexibility index (Phi) is 64.4. The van der Waals surface area contributed by atoms with E-state index in [2.05, 4.69) is 0 Å². The molecule has 2 N–H and O–H groups in total. The maximum absolute atomic E-state index is 7.12. The fourth-order valence-electron chi connectivity index (χ4n) is 0. The molecule has 0 aliphatic rings. The van der Waals surface area contributed by atoms with Gasteiger partial charge in [-0.2, -0.15) is 0 Å². The van der Waals surface area contributed by atoms with Crippen molar-refractivity contribution in [3.63, 3.8) is 0 Å². The summed E-state index contributed by atoms with van der Waals surface area (Å²) in [7, 11) is 0.